The Kier molecular flexibility index (Phi) is 13.0. The molecular formula is C42H44N4O10. The van der Waals surface area contributed by atoms with Crippen LogP contribution in [0.5, 0.6) is 0 Å². The van der Waals surface area contributed by atoms with Crippen molar-refractivity contribution in [3.8, 4) is 11.1 Å². The Morgan fingerprint density at radius 3 is 1.77 bits per heavy atom. The van der Waals surface area contributed by atoms with Gasteiger partial charge in [0.2, 0.25) is 5.96 Å². The van der Waals surface area contributed by atoms with E-state index in [1.807, 2.05) is 84.9 Å². The standard InChI is InChI=1S/C42H44N4O10/c1-42(2)55-35(36(56-42)37(47)48)34(44-39(49)54-26-33-31-20-11-9-18-29(31)30-19-10-12-21-32(30)33)22-13-23-43-38(45-40(50)52-24-27-14-5-3-6-15-27)46-41(51)53-25-28-16-7-4-8-17-28/h3-12,14-21,33-36H,13,22-26H2,1-2H3,(H,44,49)(H,47,48)(H2,43,45,46,50,51)/t34-,35-,36-/m0/s1. The van der Waals surface area contributed by atoms with Crippen LogP contribution in [0.2, 0.25) is 0 Å². The summed E-state index contributed by atoms with van der Waals surface area (Å²) in [6.45, 7) is 3.21. The number of alkyl carbamates (subject to hydrolysis) is 3. The molecule has 56 heavy (non-hydrogen) atoms. The molecule has 0 bridgehead atoms. The number of carboxylic acid groups (broad SMARTS) is 1. The van der Waals surface area contributed by atoms with Crippen LogP contribution in [0.3, 0.4) is 0 Å². The van der Waals surface area contributed by atoms with E-state index in [2.05, 4.69) is 20.9 Å². The zero-order valence-electron chi connectivity index (χ0n) is 31.0. The highest BCUT2D eigenvalue weighted by Gasteiger charge is 2.49. The number of nitrogens with one attached hydrogen (secondary N) is 3. The number of guanidine groups is 1. The third kappa shape index (κ3) is 10.5. The average molecular weight is 765 g/mol. The number of benzene rings is 4. The van der Waals surface area contributed by atoms with Gasteiger partial charge in [0, 0.05) is 12.5 Å². The minimum atomic E-state index is -1.38. The van der Waals surface area contributed by atoms with Gasteiger partial charge in [0.15, 0.2) is 11.9 Å². The monoisotopic (exact) mass is 764 g/mol. The van der Waals surface area contributed by atoms with Crippen molar-refractivity contribution in [2.24, 2.45) is 4.99 Å². The lowest BCUT2D eigenvalue weighted by atomic mass is 9.98. The number of hydrogen-bond donors (Lipinski definition) is 4. The minimum Gasteiger partial charge on any atom is -0.479 e. The first kappa shape index (κ1) is 39.4. The highest BCUT2D eigenvalue weighted by molar-refractivity contribution is 6.01. The molecule has 1 fully saturated rings. The van der Waals surface area contributed by atoms with Gasteiger partial charge in [-0.05, 0) is 60.1 Å². The molecular weight excluding hydrogens is 720 g/mol. The third-order valence-electron chi connectivity index (χ3n) is 9.23. The Morgan fingerprint density at radius 1 is 0.714 bits per heavy atom. The van der Waals surface area contributed by atoms with E-state index in [1.54, 1.807) is 38.1 Å². The minimum absolute atomic E-state index is 0.0187. The maximum Gasteiger partial charge on any atom is 0.414 e. The van der Waals surface area contributed by atoms with Gasteiger partial charge in [-0.15, -0.1) is 0 Å². The molecule has 0 aromatic heterocycles. The number of aliphatic imine (C=N–C) groups is 1. The lowest BCUT2D eigenvalue weighted by molar-refractivity contribution is -0.166. The highest BCUT2D eigenvalue weighted by Crippen LogP contribution is 2.44. The van der Waals surface area contributed by atoms with Crippen molar-refractivity contribution in [1.82, 2.24) is 16.0 Å². The summed E-state index contributed by atoms with van der Waals surface area (Å²) < 4.78 is 28.1. The van der Waals surface area contributed by atoms with Crippen LogP contribution in [-0.4, -0.2) is 72.5 Å². The lowest BCUT2D eigenvalue weighted by Gasteiger charge is -2.26. The molecule has 292 valence electrons. The van der Waals surface area contributed by atoms with E-state index in [1.165, 1.54) is 0 Å². The molecule has 1 saturated heterocycles. The van der Waals surface area contributed by atoms with Crippen molar-refractivity contribution in [3.63, 3.8) is 0 Å². The Balaban J connectivity index is 1.12. The SMILES string of the molecule is CC1(C)O[C@@H]([C@H](CCCN=C(NC(=O)OCc2ccccc2)NC(=O)OCc2ccccc2)NC(=O)OCC2c3ccccc3-c3ccccc32)[C@@H](C(=O)O)O1. The molecule has 3 atom stereocenters. The van der Waals surface area contributed by atoms with E-state index < -0.39 is 48.3 Å². The van der Waals surface area contributed by atoms with Gasteiger partial charge in [0.05, 0.1) is 6.04 Å². The van der Waals surface area contributed by atoms with Crippen molar-refractivity contribution in [2.75, 3.05) is 13.2 Å². The molecule has 1 aliphatic carbocycles. The van der Waals surface area contributed by atoms with Crippen molar-refractivity contribution >= 4 is 30.2 Å². The van der Waals surface area contributed by atoms with E-state index in [-0.39, 0.29) is 51.1 Å². The number of aliphatic carboxylic acids is 1. The van der Waals surface area contributed by atoms with Gasteiger partial charge in [-0.1, -0.05) is 109 Å². The van der Waals surface area contributed by atoms with Crippen LogP contribution in [0, 0.1) is 0 Å². The average Bonchev–Trinajstić information content (AvgIpc) is 3.71. The van der Waals surface area contributed by atoms with Crippen LogP contribution in [0.1, 0.15) is 54.9 Å². The lowest BCUT2D eigenvalue weighted by Crippen LogP contribution is -2.50. The topological polar surface area (TPSA) is 183 Å². The number of hydrogen-bond acceptors (Lipinski definition) is 10. The molecule has 4 aromatic carbocycles. The fourth-order valence-electron chi connectivity index (χ4n) is 6.71. The second-order valence-corrected chi connectivity index (χ2v) is 13.7. The first-order chi connectivity index (χ1) is 27.1. The predicted molar refractivity (Wildman–Crippen MR) is 205 cm³/mol. The molecule has 4 aromatic rings. The summed E-state index contributed by atoms with van der Waals surface area (Å²) in [6.07, 6.45) is -4.56. The zero-order chi connectivity index (χ0) is 39.5. The van der Waals surface area contributed by atoms with E-state index in [0.29, 0.717) is 0 Å². The molecule has 3 amide bonds. The second kappa shape index (κ2) is 18.4. The van der Waals surface area contributed by atoms with Gasteiger partial charge >= 0.3 is 24.2 Å². The number of fused-ring (bicyclic) bond motifs is 3. The van der Waals surface area contributed by atoms with Crippen molar-refractivity contribution < 1.29 is 48.0 Å². The number of rotatable bonds is 13. The van der Waals surface area contributed by atoms with Crippen molar-refractivity contribution in [2.45, 2.75) is 69.9 Å². The predicted octanol–water partition coefficient (Wildman–Crippen LogP) is 6.49. The second-order valence-electron chi connectivity index (χ2n) is 13.7. The summed E-state index contributed by atoms with van der Waals surface area (Å²) in [5, 5.41) is 17.7. The largest absolute Gasteiger partial charge is 0.479 e. The number of carbonyl (C=O) groups is 4. The summed E-state index contributed by atoms with van der Waals surface area (Å²) >= 11 is 0. The number of carboxylic acids is 1. The van der Waals surface area contributed by atoms with Crippen LogP contribution in [0.15, 0.2) is 114 Å². The summed E-state index contributed by atoms with van der Waals surface area (Å²) in [7, 11) is 0. The number of carbonyl (C=O) groups excluding carboxylic acids is 3. The quantitative estimate of drug-likeness (QED) is 0.0508. The first-order valence-corrected chi connectivity index (χ1v) is 18.3. The summed E-state index contributed by atoms with van der Waals surface area (Å²) in [4.78, 5) is 55.5. The third-order valence-corrected chi connectivity index (χ3v) is 9.23. The molecule has 0 spiro atoms. The van der Waals surface area contributed by atoms with Crippen LogP contribution >= 0.6 is 0 Å². The molecule has 6 rings (SSSR count). The van der Waals surface area contributed by atoms with Gasteiger partial charge in [-0.2, -0.15) is 0 Å². The molecule has 1 heterocycles. The van der Waals surface area contributed by atoms with Gasteiger partial charge in [0.25, 0.3) is 0 Å². The maximum atomic E-state index is 13.4. The molecule has 0 radical (unpaired) electrons. The summed E-state index contributed by atoms with van der Waals surface area (Å²) in [5.41, 5.74) is 5.76. The Morgan fingerprint density at radius 2 is 1.23 bits per heavy atom. The van der Waals surface area contributed by atoms with Crippen molar-refractivity contribution in [1.29, 1.82) is 0 Å². The van der Waals surface area contributed by atoms with Crippen LogP contribution < -0.4 is 16.0 Å². The Hall–Kier alpha value is -6.25. The molecule has 14 nitrogen and oxygen atoms in total. The normalized spacial score (nSPS) is 17.0. The zero-order valence-corrected chi connectivity index (χ0v) is 31.0. The van der Waals surface area contributed by atoms with Crippen LogP contribution in [0.25, 0.3) is 11.1 Å². The molecule has 1 aliphatic heterocycles. The molecule has 2 aliphatic rings. The molecule has 4 N–H and O–H groups in total. The Bertz CT molecular complexity index is 1920. The number of amides is 3. The van der Waals surface area contributed by atoms with Crippen LogP contribution in [0.4, 0.5) is 14.4 Å². The van der Waals surface area contributed by atoms with Gasteiger partial charge in [-0.3, -0.25) is 15.6 Å². The van der Waals surface area contributed by atoms with E-state index >= 15 is 0 Å². The molecule has 0 unspecified atom stereocenters. The highest BCUT2D eigenvalue weighted by atomic mass is 16.8. The van der Waals surface area contributed by atoms with Gasteiger partial charge in [-0.25, -0.2) is 19.2 Å². The molecule has 0 saturated carbocycles. The fourth-order valence-corrected chi connectivity index (χ4v) is 6.71. The summed E-state index contributed by atoms with van der Waals surface area (Å²) in [5.74, 6) is -2.91. The van der Waals surface area contributed by atoms with Gasteiger partial charge < -0.3 is 34.1 Å². The van der Waals surface area contributed by atoms with Crippen molar-refractivity contribution in [3.05, 3.63) is 131 Å². The summed E-state index contributed by atoms with van der Waals surface area (Å²) in [6, 6.07) is 33.1. The van der Waals surface area contributed by atoms with E-state index in [9.17, 15) is 24.3 Å². The van der Waals surface area contributed by atoms with E-state index in [0.717, 1.165) is 33.4 Å². The van der Waals surface area contributed by atoms with Gasteiger partial charge in [0.1, 0.15) is 25.9 Å². The van der Waals surface area contributed by atoms with E-state index in [4.69, 9.17) is 23.7 Å². The maximum absolute atomic E-state index is 13.4. The fraction of sp³-hybridized carbons (Fsp3) is 0.310. The smallest absolute Gasteiger partial charge is 0.414 e. The van der Waals surface area contributed by atoms with Crippen LogP contribution in [-0.2, 0) is 41.7 Å². The molecule has 14 heteroatoms. The number of ether oxygens (including phenoxy) is 5. The Labute approximate surface area is 324 Å². The number of nitrogens with zero attached hydrogens (tertiary/aromatic N) is 1. The first-order valence-electron chi connectivity index (χ1n) is 18.3.